The Morgan fingerprint density at radius 2 is 1.58 bits per heavy atom. The normalized spacial score (nSPS) is 16.4. The smallest absolute Gasteiger partial charge is 0.245 e. The Hall–Kier alpha value is -1.82. The van der Waals surface area contributed by atoms with Crippen LogP contribution in [0.4, 0.5) is 11.4 Å². The number of likely N-dealkylation sites (tertiary alicyclic amines) is 1. The maximum atomic E-state index is 13.0. The fourth-order valence-electron chi connectivity index (χ4n) is 3.68. The summed E-state index contributed by atoms with van der Waals surface area (Å²) < 4.78 is 0. The maximum Gasteiger partial charge on any atom is 0.245 e. The zero-order valence-corrected chi connectivity index (χ0v) is 15.8. The molecule has 26 heavy (non-hydrogen) atoms. The van der Waals surface area contributed by atoms with Crippen LogP contribution in [0.5, 0.6) is 0 Å². The molecule has 0 radical (unpaired) electrons. The number of anilines is 2. The number of para-hydroxylation sites is 2. The molecule has 0 aromatic heterocycles. The molecule has 2 aromatic rings. The minimum atomic E-state index is 0.103. The molecule has 4 rings (SSSR count). The highest BCUT2D eigenvalue weighted by Gasteiger charge is 2.27. The minimum Gasteiger partial charge on any atom is -0.308 e. The van der Waals surface area contributed by atoms with Gasteiger partial charge in [-0.2, -0.15) is 0 Å². The predicted octanol–water partition coefficient (Wildman–Crippen LogP) is 3.89. The van der Waals surface area contributed by atoms with E-state index in [9.17, 15) is 4.79 Å². The van der Waals surface area contributed by atoms with Crippen LogP contribution in [0.25, 0.3) is 0 Å². The van der Waals surface area contributed by atoms with Crippen molar-refractivity contribution >= 4 is 29.0 Å². The number of carbonyl (C=O) groups excluding carboxylic acids is 1. The van der Waals surface area contributed by atoms with Gasteiger partial charge in [-0.3, -0.25) is 9.69 Å². The largest absolute Gasteiger partial charge is 0.308 e. The van der Waals surface area contributed by atoms with Crippen molar-refractivity contribution in [2.75, 3.05) is 37.6 Å². The first-order valence-corrected chi connectivity index (χ1v) is 10.3. The Kier molecular flexibility index (Phi) is 5.58. The third-order valence-electron chi connectivity index (χ3n) is 4.98. The predicted molar refractivity (Wildman–Crippen MR) is 107 cm³/mol. The lowest BCUT2D eigenvalue weighted by atomic mass is 10.2. The van der Waals surface area contributed by atoms with Gasteiger partial charge < -0.3 is 10.2 Å². The zero-order chi connectivity index (χ0) is 17.8. The van der Waals surface area contributed by atoms with Gasteiger partial charge >= 0.3 is 0 Å². The summed E-state index contributed by atoms with van der Waals surface area (Å²) in [5.41, 5.74) is 1.97. The molecule has 1 fully saturated rings. The Labute approximate surface area is 159 Å². The summed E-state index contributed by atoms with van der Waals surface area (Å²) in [6, 6.07) is 16.3. The molecule has 0 unspecified atom stereocenters. The van der Waals surface area contributed by atoms with Crippen LogP contribution in [0, 0.1) is 0 Å². The Bertz CT molecular complexity index is 728. The van der Waals surface area contributed by atoms with E-state index >= 15 is 0 Å². The van der Waals surface area contributed by atoms with Crippen molar-refractivity contribution < 1.29 is 4.79 Å². The number of nitrogens with one attached hydrogen (secondary N) is 1. The first-order valence-electron chi connectivity index (χ1n) is 9.45. The maximum absolute atomic E-state index is 13.0. The Morgan fingerprint density at radius 3 is 2.23 bits per heavy atom. The van der Waals surface area contributed by atoms with E-state index in [2.05, 4.69) is 22.3 Å². The zero-order valence-electron chi connectivity index (χ0n) is 15.0. The van der Waals surface area contributed by atoms with E-state index in [1.807, 2.05) is 41.3 Å². The van der Waals surface area contributed by atoms with Gasteiger partial charge in [0, 0.05) is 9.79 Å². The van der Waals surface area contributed by atoms with Crippen molar-refractivity contribution in [1.29, 1.82) is 0 Å². The Balaban J connectivity index is 1.39. The lowest BCUT2D eigenvalue weighted by Gasteiger charge is -2.31. The fourth-order valence-corrected chi connectivity index (χ4v) is 4.74. The molecular weight excluding hydrogens is 342 g/mol. The second kappa shape index (κ2) is 8.25. The molecule has 1 saturated heterocycles. The van der Waals surface area contributed by atoms with Crippen molar-refractivity contribution in [1.82, 2.24) is 10.2 Å². The van der Waals surface area contributed by atoms with Gasteiger partial charge in [0.05, 0.1) is 17.9 Å². The number of hydrogen-bond acceptors (Lipinski definition) is 4. The van der Waals surface area contributed by atoms with Crippen LogP contribution in [0.2, 0.25) is 0 Å². The molecule has 136 valence electrons. The summed E-state index contributed by atoms with van der Waals surface area (Å²) in [4.78, 5) is 19.6. The van der Waals surface area contributed by atoms with Gasteiger partial charge in [0.25, 0.3) is 0 Å². The minimum absolute atomic E-state index is 0.103. The molecule has 0 saturated carbocycles. The van der Waals surface area contributed by atoms with E-state index in [0.717, 1.165) is 40.7 Å². The first-order chi connectivity index (χ1) is 12.8. The van der Waals surface area contributed by atoms with Crippen LogP contribution in [0.1, 0.15) is 19.3 Å². The summed E-state index contributed by atoms with van der Waals surface area (Å²) in [5, 5.41) is 3.34. The highest BCUT2D eigenvalue weighted by Crippen LogP contribution is 2.47. The third kappa shape index (κ3) is 3.80. The van der Waals surface area contributed by atoms with E-state index in [-0.39, 0.29) is 5.91 Å². The Morgan fingerprint density at radius 1 is 0.962 bits per heavy atom. The van der Waals surface area contributed by atoms with Gasteiger partial charge in [-0.1, -0.05) is 36.0 Å². The van der Waals surface area contributed by atoms with Gasteiger partial charge in [0.15, 0.2) is 0 Å². The quantitative estimate of drug-likeness (QED) is 0.786. The van der Waals surface area contributed by atoms with E-state index in [0.29, 0.717) is 6.54 Å². The molecule has 1 N–H and O–H groups in total. The number of nitrogens with zero attached hydrogens (tertiary/aromatic N) is 2. The van der Waals surface area contributed by atoms with Crippen molar-refractivity contribution in [2.45, 2.75) is 29.1 Å². The monoisotopic (exact) mass is 367 g/mol. The summed E-state index contributed by atoms with van der Waals surface area (Å²) in [6.07, 6.45) is 3.76. The average Bonchev–Trinajstić information content (AvgIpc) is 3.19. The molecule has 5 heteroatoms. The second-order valence-electron chi connectivity index (χ2n) is 6.85. The van der Waals surface area contributed by atoms with Crippen LogP contribution in [0.15, 0.2) is 58.3 Å². The van der Waals surface area contributed by atoms with E-state index < -0.39 is 0 Å². The molecular formula is C21H25N3OS. The van der Waals surface area contributed by atoms with Gasteiger partial charge in [-0.25, -0.2) is 0 Å². The van der Waals surface area contributed by atoms with Crippen molar-refractivity contribution in [3.05, 3.63) is 48.5 Å². The topological polar surface area (TPSA) is 35.6 Å². The molecule has 2 aromatic carbocycles. The van der Waals surface area contributed by atoms with Gasteiger partial charge in [-0.15, -0.1) is 0 Å². The standard InChI is InChI=1S/C21H25N3OS/c25-21(16-22-12-7-15-23-13-5-6-14-23)24-17-8-1-3-10-19(17)26-20-11-4-2-9-18(20)24/h1-4,8-11,22H,5-7,12-16H2. The number of benzene rings is 2. The van der Waals surface area contributed by atoms with Crippen LogP contribution in [0.3, 0.4) is 0 Å². The van der Waals surface area contributed by atoms with Crippen molar-refractivity contribution in [3.8, 4) is 0 Å². The van der Waals surface area contributed by atoms with E-state index in [1.54, 1.807) is 11.8 Å². The molecule has 1 amide bonds. The van der Waals surface area contributed by atoms with Crippen molar-refractivity contribution in [2.24, 2.45) is 0 Å². The van der Waals surface area contributed by atoms with Crippen LogP contribution in [-0.4, -0.2) is 43.5 Å². The first kappa shape index (κ1) is 17.6. The van der Waals surface area contributed by atoms with E-state index in [4.69, 9.17) is 0 Å². The molecule has 4 nitrogen and oxygen atoms in total. The number of carbonyl (C=O) groups is 1. The summed E-state index contributed by atoms with van der Waals surface area (Å²) in [5.74, 6) is 0.103. The molecule has 2 aliphatic heterocycles. The lowest BCUT2D eigenvalue weighted by Crippen LogP contribution is -2.37. The average molecular weight is 368 g/mol. The SMILES string of the molecule is O=C(CNCCCN1CCCC1)N1c2ccccc2Sc2ccccc21. The summed E-state index contributed by atoms with van der Waals surface area (Å²) in [6.45, 7) is 4.85. The number of amides is 1. The molecule has 0 bridgehead atoms. The molecule has 0 atom stereocenters. The molecule has 2 heterocycles. The molecule has 0 aliphatic carbocycles. The van der Waals surface area contributed by atoms with Crippen LogP contribution in [-0.2, 0) is 4.79 Å². The summed E-state index contributed by atoms with van der Waals surface area (Å²) in [7, 11) is 0. The highest BCUT2D eigenvalue weighted by molar-refractivity contribution is 7.99. The molecule has 2 aliphatic rings. The summed E-state index contributed by atoms with van der Waals surface area (Å²) >= 11 is 1.73. The van der Waals surface area contributed by atoms with Gasteiger partial charge in [0.2, 0.25) is 5.91 Å². The fraction of sp³-hybridized carbons (Fsp3) is 0.381. The molecule has 0 spiro atoms. The number of fused-ring (bicyclic) bond motifs is 2. The van der Waals surface area contributed by atoms with Crippen LogP contribution >= 0.6 is 11.8 Å². The van der Waals surface area contributed by atoms with Crippen LogP contribution < -0.4 is 10.2 Å². The van der Waals surface area contributed by atoms with Crippen molar-refractivity contribution in [3.63, 3.8) is 0 Å². The highest BCUT2D eigenvalue weighted by atomic mass is 32.2. The van der Waals surface area contributed by atoms with Gasteiger partial charge in [0.1, 0.15) is 0 Å². The van der Waals surface area contributed by atoms with Gasteiger partial charge in [-0.05, 0) is 69.7 Å². The third-order valence-corrected chi connectivity index (χ3v) is 6.11. The number of hydrogen-bond donors (Lipinski definition) is 1. The second-order valence-corrected chi connectivity index (χ2v) is 7.93. The lowest BCUT2D eigenvalue weighted by molar-refractivity contribution is -0.117. The van der Waals surface area contributed by atoms with E-state index in [1.165, 1.54) is 25.9 Å². The number of rotatable bonds is 6.